The lowest BCUT2D eigenvalue weighted by Gasteiger charge is -2.32. The number of fused-ring (bicyclic) bond motifs is 1. The van der Waals surface area contributed by atoms with Gasteiger partial charge in [-0.2, -0.15) is 0 Å². The molecule has 1 aromatic heterocycles. The Bertz CT molecular complexity index is 1060. The molecule has 0 saturated carbocycles. The molecule has 1 atom stereocenters. The Labute approximate surface area is 186 Å². The van der Waals surface area contributed by atoms with Crippen LogP contribution in [-0.2, 0) is 24.4 Å². The van der Waals surface area contributed by atoms with Crippen molar-refractivity contribution in [1.29, 1.82) is 0 Å². The highest BCUT2D eigenvalue weighted by molar-refractivity contribution is 5.93. The van der Waals surface area contributed by atoms with Crippen LogP contribution in [0.5, 0.6) is 0 Å². The van der Waals surface area contributed by atoms with Gasteiger partial charge in [-0.1, -0.05) is 47.7 Å². The van der Waals surface area contributed by atoms with Gasteiger partial charge in [0.1, 0.15) is 11.9 Å². The minimum atomic E-state index is -0.282. The normalized spacial score (nSPS) is 19.5. The molecule has 7 nitrogen and oxygen atoms in total. The summed E-state index contributed by atoms with van der Waals surface area (Å²) in [6, 6.07) is 16.8. The molecule has 3 aromatic rings. The third kappa shape index (κ3) is 4.56. The molecular weight excluding hydrogens is 409 g/mol. The van der Waals surface area contributed by atoms with Gasteiger partial charge in [0, 0.05) is 25.7 Å². The number of likely N-dealkylation sites (tertiary alicyclic amines) is 1. The molecule has 0 spiro atoms. The van der Waals surface area contributed by atoms with Crippen LogP contribution >= 0.6 is 0 Å². The Kier molecular flexibility index (Phi) is 5.96. The fourth-order valence-corrected chi connectivity index (χ4v) is 4.40. The van der Waals surface area contributed by atoms with Crippen molar-refractivity contribution in [2.24, 2.45) is 0 Å². The molecule has 0 aliphatic carbocycles. The van der Waals surface area contributed by atoms with Crippen LogP contribution in [0.3, 0.4) is 0 Å². The Hall–Kier alpha value is -3.10. The van der Waals surface area contributed by atoms with E-state index in [1.54, 1.807) is 16.8 Å². The van der Waals surface area contributed by atoms with E-state index >= 15 is 0 Å². The second-order valence-corrected chi connectivity index (χ2v) is 8.43. The molecule has 32 heavy (non-hydrogen) atoms. The van der Waals surface area contributed by atoms with Crippen LogP contribution in [0.1, 0.15) is 46.3 Å². The monoisotopic (exact) mass is 435 g/mol. The lowest BCUT2D eigenvalue weighted by molar-refractivity contribution is -0.00182. The van der Waals surface area contributed by atoms with Crippen LogP contribution in [-0.4, -0.2) is 44.9 Å². The maximum atomic E-state index is 13.2. The summed E-state index contributed by atoms with van der Waals surface area (Å²) in [6.07, 6.45) is 1.57. The minimum absolute atomic E-state index is 0.128. The zero-order chi connectivity index (χ0) is 21.9. The number of nitrogens with one attached hydrogen (secondary N) is 1. The molecule has 0 bridgehead atoms. The standard InChI is InChI=1S/C24H26FN5O2/c25-19-8-6-18(7-9-19)22-15-30-21(16-32-22)23(27-28-30)24(31)26-20-10-12-29(13-11-20)14-17-4-2-1-3-5-17/h1-9,20,22H,10-16H2,(H,26,31)/t22-/m1/s1. The van der Waals surface area contributed by atoms with E-state index in [4.69, 9.17) is 4.74 Å². The number of carbonyl (C=O) groups is 1. The van der Waals surface area contributed by atoms with Crippen LogP contribution in [0, 0.1) is 5.82 Å². The SMILES string of the molecule is O=C(NC1CCN(Cc2ccccc2)CC1)c1nnn2c1CO[C@@H](c1ccc(F)cc1)C2. The molecule has 1 saturated heterocycles. The van der Waals surface area contributed by atoms with Gasteiger partial charge in [-0.3, -0.25) is 9.69 Å². The van der Waals surface area contributed by atoms with Crippen LogP contribution < -0.4 is 5.32 Å². The number of ether oxygens (including phenoxy) is 1. The number of carbonyl (C=O) groups excluding carboxylic acids is 1. The van der Waals surface area contributed by atoms with Crippen molar-refractivity contribution in [3.63, 3.8) is 0 Å². The Morgan fingerprint density at radius 2 is 1.84 bits per heavy atom. The second kappa shape index (κ2) is 9.18. The van der Waals surface area contributed by atoms with Crippen molar-refractivity contribution in [2.75, 3.05) is 13.1 Å². The minimum Gasteiger partial charge on any atom is -0.365 e. The van der Waals surface area contributed by atoms with E-state index < -0.39 is 0 Å². The fraction of sp³-hybridized carbons (Fsp3) is 0.375. The first kappa shape index (κ1) is 20.8. The average Bonchev–Trinajstić information content (AvgIpc) is 3.25. The molecule has 166 valence electrons. The highest BCUT2D eigenvalue weighted by atomic mass is 19.1. The van der Waals surface area contributed by atoms with E-state index in [2.05, 4.69) is 44.8 Å². The van der Waals surface area contributed by atoms with E-state index in [-0.39, 0.29) is 30.5 Å². The largest absolute Gasteiger partial charge is 0.365 e. The lowest BCUT2D eigenvalue weighted by Crippen LogP contribution is -2.44. The number of benzene rings is 2. The first-order valence-electron chi connectivity index (χ1n) is 11.0. The van der Waals surface area contributed by atoms with Gasteiger partial charge in [0.25, 0.3) is 5.91 Å². The van der Waals surface area contributed by atoms with E-state index in [1.807, 2.05) is 6.07 Å². The van der Waals surface area contributed by atoms with Crippen molar-refractivity contribution in [1.82, 2.24) is 25.2 Å². The quantitative estimate of drug-likeness (QED) is 0.667. The maximum Gasteiger partial charge on any atom is 0.274 e. The Morgan fingerprint density at radius 3 is 2.59 bits per heavy atom. The van der Waals surface area contributed by atoms with Crippen LogP contribution in [0.15, 0.2) is 54.6 Å². The van der Waals surface area contributed by atoms with E-state index in [0.717, 1.165) is 38.0 Å². The molecule has 0 radical (unpaired) electrons. The molecule has 8 heteroatoms. The summed E-state index contributed by atoms with van der Waals surface area (Å²) < 4.78 is 20.8. The van der Waals surface area contributed by atoms with E-state index in [1.165, 1.54) is 17.7 Å². The number of aromatic nitrogens is 3. The molecule has 5 rings (SSSR count). The molecule has 2 aliphatic heterocycles. The number of nitrogens with zero attached hydrogens (tertiary/aromatic N) is 4. The summed E-state index contributed by atoms with van der Waals surface area (Å²) in [6.45, 7) is 3.52. The van der Waals surface area contributed by atoms with Gasteiger partial charge in [0.15, 0.2) is 5.69 Å². The van der Waals surface area contributed by atoms with Gasteiger partial charge in [-0.05, 0) is 36.1 Å². The summed E-state index contributed by atoms with van der Waals surface area (Å²) >= 11 is 0. The van der Waals surface area contributed by atoms with Gasteiger partial charge in [0.05, 0.1) is 18.8 Å². The zero-order valence-electron chi connectivity index (χ0n) is 17.8. The number of halogens is 1. The predicted octanol–water partition coefficient (Wildman–Crippen LogP) is 3.08. The third-order valence-corrected chi connectivity index (χ3v) is 6.23. The summed E-state index contributed by atoms with van der Waals surface area (Å²) in [5.74, 6) is -0.479. The van der Waals surface area contributed by atoms with Crippen molar-refractivity contribution >= 4 is 5.91 Å². The number of hydrogen-bond acceptors (Lipinski definition) is 5. The molecule has 1 fully saturated rings. The summed E-state index contributed by atoms with van der Waals surface area (Å²) in [5, 5.41) is 11.4. The zero-order valence-corrected chi connectivity index (χ0v) is 17.8. The molecule has 2 aliphatic rings. The first-order valence-corrected chi connectivity index (χ1v) is 11.0. The summed E-state index contributed by atoms with van der Waals surface area (Å²) in [4.78, 5) is 15.3. The van der Waals surface area contributed by atoms with Crippen LogP contribution in [0.4, 0.5) is 4.39 Å². The smallest absolute Gasteiger partial charge is 0.274 e. The van der Waals surface area contributed by atoms with E-state index in [0.29, 0.717) is 17.9 Å². The number of piperidine rings is 1. The van der Waals surface area contributed by atoms with Gasteiger partial charge >= 0.3 is 0 Å². The molecule has 1 amide bonds. The van der Waals surface area contributed by atoms with Gasteiger partial charge in [-0.25, -0.2) is 9.07 Å². The van der Waals surface area contributed by atoms with Crippen molar-refractivity contribution < 1.29 is 13.9 Å². The number of hydrogen-bond donors (Lipinski definition) is 1. The number of rotatable bonds is 5. The van der Waals surface area contributed by atoms with Crippen LogP contribution in [0.25, 0.3) is 0 Å². The third-order valence-electron chi connectivity index (χ3n) is 6.23. The van der Waals surface area contributed by atoms with Crippen molar-refractivity contribution in [3.8, 4) is 0 Å². The van der Waals surface area contributed by atoms with Crippen LogP contribution in [0.2, 0.25) is 0 Å². The maximum absolute atomic E-state index is 13.2. The Balaban J connectivity index is 1.16. The van der Waals surface area contributed by atoms with Gasteiger partial charge in [-0.15, -0.1) is 5.10 Å². The predicted molar refractivity (Wildman–Crippen MR) is 116 cm³/mol. The topological polar surface area (TPSA) is 72.3 Å². The first-order chi connectivity index (χ1) is 15.7. The number of amides is 1. The summed E-state index contributed by atoms with van der Waals surface area (Å²) in [7, 11) is 0. The average molecular weight is 436 g/mol. The lowest BCUT2D eigenvalue weighted by atomic mass is 10.0. The van der Waals surface area contributed by atoms with Gasteiger partial charge in [0.2, 0.25) is 0 Å². The molecule has 1 N–H and O–H groups in total. The summed E-state index contributed by atoms with van der Waals surface area (Å²) in [5.41, 5.74) is 3.20. The molecular formula is C24H26FN5O2. The highest BCUT2D eigenvalue weighted by Crippen LogP contribution is 2.27. The Morgan fingerprint density at radius 1 is 1.09 bits per heavy atom. The molecule has 2 aromatic carbocycles. The van der Waals surface area contributed by atoms with E-state index in [9.17, 15) is 9.18 Å². The highest BCUT2D eigenvalue weighted by Gasteiger charge is 2.29. The molecule has 3 heterocycles. The van der Waals surface area contributed by atoms with Crippen molar-refractivity contribution in [3.05, 3.63) is 82.9 Å². The second-order valence-electron chi connectivity index (χ2n) is 8.43. The van der Waals surface area contributed by atoms with Crippen molar-refractivity contribution in [2.45, 2.75) is 44.7 Å². The fourth-order valence-electron chi connectivity index (χ4n) is 4.40. The van der Waals surface area contributed by atoms with Gasteiger partial charge < -0.3 is 10.1 Å². The molecule has 0 unspecified atom stereocenters.